The summed E-state index contributed by atoms with van der Waals surface area (Å²) in [5, 5.41) is 4.49. The minimum absolute atomic E-state index is 0.111. The van der Waals surface area contributed by atoms with E-state index in [9.17, 15) is 24.0 Å². The van der Waals surface area contributed by atoms with Crippen LogP contribution in [-0.2, 0) is 14.4 Å². The van der Waals surface area contributed by atoms with Crippen LogP contribution in [0.25, 0.3) is 0 Å². The van der Waals surface area contributed by atoms with Gasteiger partial charge in [0.05, 0.1) is 0 Å². The Morgan fingerprint density at radius 3 is 2.36 bits per heavy atom. The summed E-state index contributed by atoms with van der Waals surface area (Å²) < 4.78 is 0. The van der Waals surface area contributed by atoms with E-state index in [1.165, 1.54) is 0 Å². The Morgan fingerprint density at radius 1 is 1.12 bits per heavy atom. The fourth-order valence-electron chi connectivity index (χ4n) is 3.24. The first-order valence-electron chi connectivity index (χ1n) is 8.51. The van der Waals surface area contributed by atoms with E-state index < -0.39 is 36.3 Å². The maximum absolute atomic E-state index is 12.5. The molecule has 2 fully saturated rings. The molecule has 25 heavy (non-hydrogen) atoms. The van der Waals surface area contributed by atoms with Gasteiger partial charge >= 0.3 is 23.9 Å². The van der Waals surface area contributed by atoms with E-state index in [0.29, 0.717) is 11.3 Å². The van der Waals surface area contributed by atoms with Gasteiger partial charge in [-0.1, -0.05) is 19.8 Å². The number of nitrogens with zero attached hydrogens (tertiary/aromatic N) is 2. The van der Waals surface area contributed by atoms with Crippen molar-refractivity contribution in [2.45, 2.75) is 58.5 Å². The monoisotopic (exact) mass is 352 g/mol. The van der Waals surface area contributed by atoms with Crippen molar-refractivity contribution in [2.24, 2.45) is 5.92 Å². The molecule has 7 amide bonds. The number of carbonyl (C=O) groups excluding carboxylic acids is 5. The van der Waals surface area contributed by atoms with Gasteiger partial charge in [0, 0.05) is 12.1 Å². The normalized spacial score (nSPS) is 24.1. The third kappa shape index (κ3) is 4.15. The number of hydrogen-bond acceptors (Lipinski definition) is 5. The first-order chi connectivity index (χ1) is 11.7. The topological polar surface area (TPSA) is 116 Å². The summed E-state index contributed by atoms with van der Waals surface area (Å²) in [6, 6.07) is -2.00. The van der Waals surface area contributed by atoms with Crippen molar-refractivity contribution < 1.29 is 24.0 Å². The number of imide groups is 3. The summed E-state index contributed by atoms with van der Waals surface area (Å²) in [5.74, 6) is -2.64. The van der Waals surface area contributed by atoms with E-state index in [1.807, 2.05) is 12.2 Å². The van der Waals surface area contributed by atoms with Crippen LogP contribution in [0.15, 0.2) is 0 Å². The molecule has 0 unspecified atom stereocenters. The molecule has 1 aliphatic heterocycles. The molecule has 138 valence electrons. The molecular weight excluding hydrogens is 328 g/mol. The Balaban J connectivity index is 2.03. The molecule has 0 spiro atoms. The summed E-state index contributed by atoms with van der Waals surface area (Å²) in [6.07, 6.45) is 3.45. The number of nitrogens with one attached hydrogen (secondary N) is 2. The molecule has 0 aromatic rings. The van der Waals surface area contributed by atoms with E-state index in [4.69, 9.17) is 0 Å². The van der Waals surface area contributed by atoms with Gasteiger partial charge in [0.2, 0.25) is 5.91 Å². The van der Waals surface area contributed by atoms with Crippen LogP contribution in [0.2, 0.25) is 0 Å². The van der Waals surface area contributed by atoms with Crippen LogP contribution in [0.1, 0.15) is 46.5 Å². The zero-order chi connectivity index (χ0) is 18.7. The molecule has 1 saturated heterocycles. The molecule has 2 atom stereocenters. The van der Waals surface area contributed by atoms with Crippen LogP contribution in [-0.4, -0.2) is 58.2 Å². The first-order valence-corrected chi connectivity index (χ1v) is 8.51. The number of urea groups is 2. The second-order valence-electron chi connectivity index (χ2n) is 6.85. The standard InChI is InChI=1S/C16H24N4O5/c1-9(2)17-15(24)18-12(21)8-19-13(22)14(23)20(16(19)25)11-7-5-4-6-10(11)3/h9-11H,4-8H2,1-3H3,(H2,17,18,21,24)/t10-,11+/m1/s1. The van der Waals surface area contributed by atoms with Crippen molar-refractivity contribution in [1.82, 2.24) is 20.4 Å². The van der Waals surface area contributed by atoms with Gasteiger partial charge < -0.3 is 5.32 Å². The maximum atomic E-state index is 12.5. The molecule has 0 bridgehead atoms. The molecule has 2 rings (SSSR count). The molecule has 0 radical (unpaired) electrons. The minimum atomic E-state index is -1.03. The van der Waals surface area contributed by atoms with E-state index >= 15 is 0 Å². The van der Waals surface area contributed by atoms with Crippen molar-refractivity contribution in [2.75, 3.05) is 6.54 Å². The van der Waals surface area contributed by atoms with Gasteiger partial charge in [0.25, 0.3) is 0 Å². The number of hydrogen-bond donors (Lipinski definition) is 2. The lowest BCUT2D eigenvalue weighted by Crippen LogP contribution is -2.49. The quantitative estimate of drug-likeness (QED) is 0.567. The Bertz CT molecular complexity index is 603. The van der Waals surface area contributed by atoms with E-state index in [1.54, 1.807) is 13.8 Å². The smallest absolute Gasteiger partial charge is 0.334 e. The lowest BCUT2D eigenvalue weighted by atomic mass is 9.85. The van der Waals surface area contributed by atoms with Crippen molar-refractivity contribution >= 4 is 29.8 Å². The van der Waals surface area contributed by atoms with Crippen LogP contribution in [0.3, 0.4) is 0 Å². The lowest BCUT2D eigenvalue weighted by molar-refractivity contribution is -0.145. The molecule has 9 nitrogen and oxygen atoms in total. The average Bonchev–Trinajstić information content (AvgIpc) is 2.71. The van der Waals surface area contributed by atoms with Gasteiger partial charge in [-0.25, -0.2) is 14.5 Å². The predicted molar refractivity (Wildman–Crippen MR) is 87.2 cm³/mol. The number of carbonyl (C=O) groups is 5. The van der Waals surface area contributed by atoms with Crippen LogP contribution >= 0.6 is 0 Å². The fourth-order valence-corrected chi connectivity index (χ4v) is 3.24. The first kappa shape index (κ1) is 18.9. The van der Waals surface area contributed by atoms with Gasteiger partial charge in [0.15, 0.2) is 0 Å². The highest BCUT2D eigenvalue weighted by molar-refractivity contribution is 6.45. The van der Waals surface area contributed by atoms with E-state index in [-0.39, 0.29) is 18.0 Å². The van der Waals surface area contributed by atoms with Crippen molar-refractivity contribution in [3.63, 3.8) is 0 Å². The SMILES string of the molecule is CC(C)NC(=O)NC(=O)CN1C(=O)C(=O)N([C@H]2CCCC[C@H]2C)C1=O. The highest BCUT2D eigenvalue weighted by Crippen LogP contribution is 2.31. The van der Waals surface area contributed by atoms with Crippen molar-refractivity contribution in [3.8, 4) is 0 Å². The zero-order valence-electron chi connectivity index (χ0n) is 14.7. The van der Waals surface area contributed by atoms with Gasteiger partial charge in [-0.05, 0) is 32.6 Å². The second kappa shape index (κ2) is 7.62. The second-order valence-corrected chi connectivity index (χ2v) is 6.85. The van der Waals surface area contributed by atoms with Crippen LogP contribution in [0.5, 0.6) is 0 Å². The van der Waals surface area contributed by atoms with Crippen molar-refractivity contribution in [1.29, 1.82) is 0 Å². The van der Waals surface area contributed by atoms with Crippen LogP contribution in [0, 0.1) is 5.92 Å². The van der Waals surface area contributed by atoms with Crippen molar-refractivity contribution in [3.05, 3.63) is 0 Å². The Hall–Kier alpha value is -2.45. The zero-order valence-corrected chi connectivity index (χ0v) is 14.7. The molecule has 0 aromatic heterocycles. The van der Waals surface area contributed by atoms with Crippen LogP contribution in [0.4, 0.5) is 9.59 Å². The molecular formula is C16H24N4O5. The lowest BCUT2D eigenvalue weighted by Gasteiger charge is -2.34. The van der Waals surface area contributed by atoms with Gasteiger partial charge in [-0.15, -0.1) is 0 Å². The predicted octanol–water partition coefficient (Wildman–Crippen LogP) is 0.590. The minimum Gasteiger partial charge on any atom is -0.336 e. The Labute approximate surface area is 146 Å². The summed E-state index contributed by atoms with van der Waals surface area (Å²) in [7, 11) is 0. The highest BCUT2D eigenvalue weighted by atomic mass is 16.2. The third-order valence-corrected chi connectivity index (χ3v) is 4.46. The van der Waals surface area contributed by atoms with Crippen LogP contribution < -0.4 is 10.6 Å². The Kier molecular flexibility index (Phi) is 5.76. The summed E-state index contributed by atoms with van der Waals surface area (Å²) in [5.41, 5.74) is 0. The van der Waals surface area contributed by atoms with Gasteiger partial charge in [0.1, 0.15) is 6.54 Å². The highest BCUT2D eigenvalue weighted by Gasteiger charge is 2.49. The summed E-state index contributed by atoms with van der Waals surface area (Å²) in [6.45, 7) is 4.73. The third-order valence-electron chi connectivity index (χ3n) is 4.46. The maximum Gasteiger partial charge on any atom is 0.334 e. The van der Waals surface area contributed by atoms with Gasteiger partial charge in [-0.2, -0.15) is 0 Å². The average molecular weight is 352 g/mol. The molecule has 2 aliphatic rings. The molecule has 1 aliphatic carbocycles. The molecule has 1 heterocycles. The van der Waals surface area contributed by atoms with E-state index in [2.05, 4.69) is 5.32 Å². The molecule has 1 saturated carbocycles. The Morgan fingerprint density at radius 2 is 1.76 bits per heavy atom. The molecule has 0 aromatic carbocycles. The molecule has 9 heteroatoms. The largest absolute Gasteiger partial charge is 0.336 e. The summed E-state index contributed by atoms with van der Waals surface area (Å²) >= 11 is 0. The molecule has 2 N–H and O–H groups in total. The number of amides is 7. The summed E-state index contributed by atoms with van der Waals surface area (Å²) in [4.78, 5) is 61.8. The number of rotatable bonds is 4. The van der Waals surface area contributed by atoms with Gasteiger partial charge in [-0.3, -0.25) is 24.6 Å². The fraction of sp³-hybridized carbons (Fsp3) is 0.688. The van der Waals surface area contributed by atoms with E-state index in [0.717, 1.165) is 24.2 Å².